The standard InChI is InChI=1S/C9H6F3NO2/c10-4-2-5(11)7(12)8-3(4)1-6(13-8)9(14)15/h1-2,9,13-15H. The highest BCUT2D eigenvalue weighted by Gasteiger charge is 2.16. The number of benzene rings is 1. The minimum Gasteiger partial charge on any atom is -0.363 e. The Morgan fingerprint density at radius 3 is 2.33 bits per heavy atom. The Bertz CT molecular complexity index is 522. The quantitative estimate of drug-likeness (QED) is 0.501. The summed E-state index contributed by atoms with van der Waals surface area (Å²) in [6, 6.07) is 1.41. The summed E-state index contributed by atoms with van der Waals surface area (Å²) in [5.41, 5.74) is -0.621. The Kier molecular flexibility index (Phi) is 2.17. The van der Waals surface area contributed by atoms with Crippen molar-refractivity contribution in [2.45, 2.75) is 6.29 Å². The maximum Gasteiger partial charge on any atom is 0.193 e. The van der Waals surface area contributed by atoms with E-state index in [1.165, 1.54) is 0 Å². The van der Waals surface area contributed by atoms with Gasteiger partial charge in [-0.15, -0.1) is 0 Å². The number of aromatic nitrogens is 1. The normalized spacial score (nSPS) is 11.6. The Hall–Kier alpha value is -1.53. The minimum atomic E-state index is -1.89. The molecule has 3 N–H and O–H groups in total. The molecule has 0 fully saturated rings. The van der Waals surface area contributed by atoms with Crippen molar-refractivity contribution in [3.05, 3.63) is 35.3 Å². The summed E-state index contributed by atoms with van der Waals surface area (Å²) in [7, 11) is 0. The van der Waals surface area contributed by atoms with Crippen molar-refractivity contribution in [3.63, 3.8) is 0 Å². The van der Waals surface area contributed by atoms with Crippen LogP contribution >= 0.6 is 0 Å². The number of fused-ring (bicyclic) bond motifs is 1. The third-order valence-electron chi connectivity index (χ3n) is 2.06. The lowest BCUT2D eigenvalue weighted by Crippen LogP contribution is -1.94. The summed E-state index contributed by atoms with van der Waals surface area (Å²) in [4.78, 5) is 2.19. The van der Waals surface area contributed by atoms with Gasteiger partial charge in [-0.2, -0.15) is 0 Å². The first-order valence-corrected chi connectivity index (χ1v) is 4.03. The molecule has 0 saturated carbocycles. The van der Waals surface area contributed by atoms with Gasteiger partial charge in [0.15, 0.2) is 17.9 Å². The second-order valence-electron chi connectivity index (χ2n) is 3.04. The molecule has 1 heterocycles. The molecule has 80 valence electrons. The van der Waals surface area contributed by atoms with Crippen LogP contribution in [0, 0.1) is 17.5 Å². The van der Waals surface area contributed by atoms with Gasteiger partial charge in [-0.05, 0) is 6.07 Å². The molecule has 1 aromatic heterocycles. The Labute approximate surface area is 81.8 Å². The van der Waals surface area contributed by atoms with Crippen LogP contribution in [0.2, 0.25) is 0 Å². The monoisotopic (exact) mass is 217 g/mol. The molecule has 2 rings (SSSR count). The molecule has 0 aliphatic carbocycles. The summed E-state index contributed by atoms with van der Waals surface area (Å²) in [6.45, 7) is 0. The zero-order chi connectivity index (χ0) is 11.2. The van der Waals surface area contributed by atoms with Gasteiger partial charge in [-0.25, -0.2) is 13.2 Å². The molecule has 0 saturated heterocycles. The van der Waals surface area contributed by atoms with Gasteiger partial charge in [0.25, 0.3) is 0 Å². The fourth-order valence-electron chi connectivity index (χ4n) is 1.35. The second kappa shape index (κ2) is 3.25. The lowest BCUT2D eigenvalue weighted by Gasteiger charge is -1.97. The van der Waals surface area contributed by atoms with E-state index in [-0.39, 0.29) is 11.1 Å². The molecule has 0 unspecified atom stereocenters. The van der Waals surface area contributed by atoms with Gasteiger partial charge in [0.1, 0.15) is 5.82 Å². The first-order chi connectivity index (χ1) is 7.00. The van der Waals surface area contributed by atoms with Crippen molar-refractivity contribution >= 4 is 10.9 Å². The summed E-state index contributed by atoms with van der Waals surface area (Å²) < 4.78 is 39.0. The molecular formula is C9H6F3NO2. The molecule has 0 radical (unpaired) electrons. The van der Waals surface area contributed by atoms with Crippen molar-refractivity contribution in [2.75, 3.05) is 0 Å². The number of aliphatic hydroxyl groups is 2. The zero-order valence-electron chi connectivity index (χ0n) is 7.26. The summed E-state index contributed by atoms with van der Waals surface area (Å²) in [5.74, 6) is -3.55. The highest BCUT2D eigenvalue weighted by Crippen LogP contribution is 2.25. The van der Waals surface area contributed by atoms with Crippen LogP contribution in [0.15, 0.2) is 12.1 Å². The van der Waals surface area contributed by atoms with Gasteiger partial charge >= 0.3 is 0 Å². The van der Waals surface area contributed by atoms with Crippen LogP contribution < -0.4 is 0 Å². The minimum absolute atomic E-state index is 0.201. The molecule has 1 aromatic carbocycles. The van der Waals surface area contributed by atoms with E-state index in [9.17, 15) is 13.2 Å². The Morgan fingerprint density at radius 1 is 1.07 bits per heavy atom. The third kappa shape index (κ3) is 1.47. The van der Waals surface area contributed by atoms with Crippen LogP contribution in [-0.4, -0.2) is 15.2 Å². The van der Waals surface area contributed by atoms with Crippen LogP contribution in [-0.2, 0) is 0 Å². The first-order valence-electron chi connectivity index (χ1n) is 4.03. The second-order valence-corrected chi connectivity index (χ2v) is 3.04. The van der Waals surface area contributed by atoms with Crippen LogP contribution in [0.25, 0.3) is 10.9 Å². The maximum absolute atomic E-state index is 13.1. The van der Waals surface area contributed by atoms with Crippen LogP contribution in [0.3, 0.4) is 0 Å². The topological polar surface area (TPSA) is 56.2 Å². The first kappa shape index (κ1) is 10.0. The van der Waals surface area contributed by atoms with Gasteiger partial charge in [0, 0.05) is 11.5 Å². The predicted octanol–water partition coefficient (Wildman–Crippen LogP) is 1.57. The SMILES string of the molecule is OC(O)c1cc2c(F)cc(F)c(F)c2[nH]1. The average Bonchev–Trinajstić information content (AvgIpc) is 2.59. The highest BCUT2D eigenvalue weighted by atomic mass is 19.2. The molecule has 0 atom stereocenters. The lowest BCUT2D eigenvalue weighted by molar-refractivity contribution is -0.0453. The van der Waals surface area contributed by atoms with E-state index in [2.05, 4.69) is 4.98 Å². The predicted molar refractivity (Wildman–Crippen MR) is 45.4 cm³/mol. The molecule has 0 aliphatic heterocycles. The molecular weight excluding hydrogens is 211 g/mol. The van der Waals surface area contributed by atoms with Crippen LogP contribution in [0.1, 0.15) is 12.0 Å². The van der Waals surface area contributed by atoms with E-state index >= 15 is 0 Å². The highest BCUT2D eigenvalue weighted by molar-refractivity contribution is 5.81. The number of nitrogens with one attached hydrogen (secondary N) is 1. The fourth-order valence-corrected chi connectivity index (χ4v) is 1.35. The third-order valence-corrected chi connectivity index (χ3v) is 2.06. The van der Waals surface area contributed by atoms with E-state index in [0.717, 1.165) is 6.07 Å². The summed E-state index contributed by atoms with van der Waals surface area (Å²) in [6.07, 6.45) is -1.89. The fraction of sp³-hybridized carbons (Fsp3) is 0.111. The molecule has 0 spiro atoms. The van der Waals surface area contributed by atoms with Crippen molar-refractivity contribution in [1.29, 1.82) is 0 Å². The number of hydrogen-bond donors (Lipinski definition) is 3. The van der Waals surface area contributed by atoms with E-state index < -0.39 is 29.3 Å². The van der Waals surface area contributed by atoms with E-state index in [0.29, 0.717) is 6.07 Å². The van der Waals surface area contributed by atoms with Crippen molar-refractivity contribution in [3.8, 4) is 0 Å². The van der Waals surface area contributed by atoms with Gasteiger partial charge < -0.3 is 15.2 Å². The lowest BCUT2D eigenvalue weighted by atomic mass is 10.2. The number of aromatic amines is 1. The van der Waals surface area contributed by atoms with Gasteiger partial charge in [0.05, 0.1) is 11.2 Å². The number of halogens is 3. The van der Waals surface area contributed by atoms with E-state index in [4.69, 9.17) is 10.2 Å². The zero-order valence-corrected chi connectivity index (χ0v) is 7.26. The number of hydrogen-bond acceptors (Lipinski definition) is 2. The van der Waals surface area contributed by atoms with E-state index in [1.54, 1.807) is 0 Å². The van der Waals surface area contributed by atoms with E-state index in [1.807, 2.05) is 0 Å². The van der Waals surface area contributed by atoms with Crippen LogP contribution in [0.5, 0.6) is 0 Å². The molecule has 6 heteroatoms. The average molecular weight is 217 g/mol. The smallest absolute Gasteiger partial charge is 0.193 e. The Morgan fingerprint density at radius 2 is 1.73 bits per heavy atom. The van der Waals surface area contributed by atoms with Gasteiger partial charge in [-0.3, -0.25) is 0 Å². The largest absolute Gasteiger partial charge is 0.363 e. The Balaban J connectivity index is 2.80. The summed E-state index contributed by atoms with van der Waals surface area (Å²) in [5, 5.41) is 17.3. The van der Waals surface area contributed by atoms with Gasteiger partial charge in [-0.1, -0.05) is 0 Å². The molecule has 0 bridgehead atoms. The van der Waals surface area contributed by atoms with Crippen molar-refractivity contribution in [1.82, 2.24) is 4.98 Å². The molecule has 0 amide bonds. The van der Waals surface area contributed by atoms with Crippen LogP contribution in [0.4, 0.5) is 13.2 Å². The van der Waals surface area contributed by atoms with Crippen molar-refractivity contribution in [2.24, 2.45) is 0 Å². The summed E-state index contributed by atoms with van der Waals surface area (Å²) >= 11 is 0. The molecule has 2 aromatic rings. The number of rotatable bonds is 1. The van der Waals surface area contributed by atoms with Crippen molar-refractivity contribution < 1.29 is 23.4 Å². The number of aliphatic hydroxyl groups excluding tert-OH is 1. The number of H-pyrrole nitrogens is 1. The molecule has 3 nitrogen and oxygen atoms in total. The molecule has 0 aliphatic rings. The molecule has 15 heavy (non-hydrogen) atoms. The van der Waals surface area contributed by atoms with Gasteiger partial charge in [0.2, 0.25) is 0 Å². The maximum atomic E-state index is 13.1.